The number of benzene rings is 3. The van der Waals surface area contributed by atoms with E-state index >= 15 is 0 Å². The summed E-state index contributed by atoms with van der Waals surface area (Å²) in [5.74, 6) is 0.0704. The Balaban J connectivity index is 1.78. The van der Waals surface area contributed by atoms with Gasteiger partial charge in [-0.15, -0.1) is 0 Å². The van der Waals surface area contributed by atoms with Crippen LogP contribution in [0.15, 0.2) is 90.5 Å². The third-order valence-corrected chi connectivity index (χ3v) is 4.82. The summed E-state index contributed by atoms with van der Waals surface area (Å²) in [5.41, 5.74) is 4.97. The lowest BCUT2D eigenvalue weighted by Gasteiger charge is -2.11. The average molecular weight is 338 g/mol. The van der Waals surface area contributed by atoms with Crippen molar-refractivity contribution >= 4 is 17.1 Å². The van der Waals surface area contributed by atoms with E-state index in [-0.39, 0.29) is 18.0 Å². The first-order valence-electron chi connectivity index (χ1n) is 8.72. The van der Waals surface area contributed by atoms with Crippen molar-refractivity contribution < 1.29 is 9.59 Å². The van der Waals surface area contributed by atoms with E-state index in [1.54, 1.807) is 0 Å². The second kappa shape index (κ2) is 6.93. The molecular weight excluding hydrogens is 320 g/mol. The zero-order valence-corrected chi connectivity index (χ0v) is 14.3. The maximum atomic E-state index is 13.0. The fourth-order valence-corrected chi connectivity index (χ4v) is 3.48. The zero-order chi connectivity index (χ0) is 17.9. The fourth-order valence-electron chi connectivity index (χ4n) is 3.48. The van der Waals surface area contributed by atoms with Crippen molar-refractivity contribution in [3.63, 3.8) is 0 Å². The number of allylic oxidation sites excluding steroid dienone is 2. The number of hydrogen-bond acceptors (Lipinski definition) is 2. The lowest BCUT2D eigenvalue weighted by molar-refractivity contribution is 0.0998. The quantitative estimate of drug-likeness (QED) is 0.487. The number of Topliss-reactive ketones (excluding diaryl/α,β-unsaturated/α-hetero) is 2. The van der Waals surface area contributed by atoms with Gasteiger partial charge in [-0.05, 0) is 16.7 Å². The Hall–Kier alpha value is -3.26. The van der Waals surface area contributed by atoms with Gasteiger partial charge in [0.25, 0.3) is 0 Å². The standard InChI is InChI=1S/C24H18O2/c25-23(18-11-5-2-6-12-18)16-21(17-9-3-1-4-10-17)22-15-19-13-7-8-14-20(19)24(22)26/h1-14H,15-16H2/b22-21+. The normalized spacial score (nSPS) is 14.8. The van der Waals surface area contributed by atoms with Crippen molar-refractivity contribution in [2.24, 2.45) is 0 Å². The van der Waals surface area contributed by atoms with Crippen LogP contribution in [0.2, 0.25) is 0 Å². The molecule has 0 radical (unpaired) electrons. The molecule has 1 aliphatic carbocycles. The topological polar surface area (TPSA) is 34.1 Å². The number of rotatable bonds is 4. The van der Waals surface area contributed by atoms with E-state index < -0.39 is 0 Å². The van der Waals surface area contributed by atoms with Gasteiger partial charge < -0.3 is 0 Å². The van der Waals surface area contributed by atoms with Gasteiger partial charge in [-0.2, -0.15) is 0 Å². The van der Waals surface area contributed by atoms with E-state index in [0.29, 0.717) is 12.0 Å². The predicted octanol–water partition coefficient (Wildman–Crippen LogP) is 5.15. The molecule has 0 N–H and O–H groups in total. The number of ketones is 2. The molecule has 4 rings (SSSR count). The van der Waals surface area contributed by atoms with Crippen LogP contribution in [0.3, 0.4) is 0 Å². The Kier molecular flexibility index (Phi) is 4.32. The average Bonchev–Trinajstić information content (AvgIpc) is 3.04. The van der Waals surface area contributed by atoms with Crippen LogP contribution in [0, 0.1) is 0 Å². The Morgan fingerprint density at radius 3 is 1.96 bits per heavy atom. The molecule has 3 aromatic rings. The van der Waals surface area contributed by atoms with Gasteiger partial charge in [0.05, 0.1) is 0 Å². The van der Waals surface area contributed by atoms with Crippen molar-refractivity contribution in [2.75, 3.05) is 0 Å². The number of fused-ring (bicyclic) bond motifs is 1. The molecule has 0 atom stereocenters. The molecule has 0 spiro atoms. The van der Waals surface area contributed by atoms with Crippen LogP contribution in [-0.2, 0) is 6.42 Å². The Morgan fingerprint density at radius 1 is 0.731 bits per heavy atom. The third kappa shape index (κ3) is 3.02. The van der Waals surface area contributed by atoms with Crippen LogP contribution >= 0.6 is 0 Å². The third-order valence-electron chi connectivity index (χ3n) is 4.82. The van der Waals surface area contributed by atoms with Crippen molar-refractivity contribution in [2.45, 2.75) is 12.8 Å². The highest BCUT2D eigenvalue weighted by molar-refractivity contribution is 6.19. The van der Waals surface area contributed by atoms with Gasteiger partial charge in [-0.3, -0.25) is 9.59 Å². The molecule has 0 amide bonds. The summed E-state index contributed by atoms with van der Waals surface area (Å²) in [6, 6.07) is 26.7. The van der Waals surface area contributed by atoms with Gasteiger partial charge in [0.1, 0.15) is 0 Å². The molecule has 0 saturated carbocycles. The Labute approximate surface area is 152 Å². The number of hydrogen-bond donors (Lipinski definition) is 0. The van der Waals surface area contributed by atoms with E-state index in [1.165, 1.54) is 0 Å². The summed E-state index contributed by atoms with van der Waals surface area (Å²) in [6.45, 7) is 0. The van der Waals surface area contributed by atoms with Gasteiger partial charge in [-0.25, -0.2) is 0 Å². The molecule has 0 saturated heterocycles. The largest absolute Gasteiger partial charge is 0.294 e. The minimum atomic E-state index is 0.0284. The summed E-state index contributed by atoms with van der Waals surface area (Å²) in [7, 11) is 0. The molecule has 0 aliphatic heterocycles. The zero-order valence-electron chi connectivity index (χ0n) is 14.3. The molecule has 26 heavy (non-hydrogen) atoms. The number of carbonyl (C=O) groups excluding carboxylic acids is 2. The van der Waals surface area contributed by atoms with Gasteiger partial charge in [0.15, 0.2) is 11.6 Å². The first-order chi connectivity index (χ1) is 12.7. The van der Waals surface area contributed by atoms with Gasteiger partial charge in [0.2, 0.25) is 0 Å². The summed E-state index contributed by atoms with van der Waals surface area (Å²) in [5, 5.41) is 0. The molecule has 0 bridgehead atoms. The van der Waals surface area contributed by atoms with Gasteiger partial charge in [0, 0.05) is 29.5 Å². The Morgan fingerprint density at radius 2 is 1.31 bits per heavy atom. The summed E-state index contributed by atoms with van der Waals surface area (Å²) in [6.07, 6.45) is 0.810. The summed E-state index contributed by atoms with van der Waals surface area (Å²) >= 11 is 0. The maximum absolute atomic E-state index is 13.0. The first-order valence-corrected chi connectivity index (χ1v) is 8.72. The molecule has 0 aromatic heterocycles. The molecule has 0 fully saturated rings. The van der Waals surface area contributed by atoms with Crippen molar-refractivity contribution in [3.8, 4) is 0 Å². The van der Waals surface area contributed by atoms with Crippen molar-refractivity contribution in [3.05, 3.63) is 113 Å². The van der Waals surface area contributed by atoms with Crippen LogP contribution < -0.4 is 0 Å². The van der Waals surface area contributed by atoms with E-state index in [9.17, 15) is 9.59 Å². The smallest absolute Gasteiger partial charge is 0.189 e. The molecule has 1 aliphatic rings. The number of carbonyl (C=O) groups is 2. The molecule has 3 aromatic carbocycles. The fraction of sp³-hybridized carbons (Fsp3) is 0.0833. The van der Waals surface area contributed by atoms with Gasteiger partial charge in [-0.1, -0.05) is 84.9 Å². The minimum absolute atomic E-state index is 0.0284. The summed E-state index contributed by atoms with van der Waals surface area (Å²) < 4.78 is 0. The summed E-state index contributed by atoms with van der Waals surface area (Å²) in [4.78, 5) is 25.8. The Bertz CT molecular complexity index is 999. The monoisotopic (exact) mass is 338 g/mol. The van der Waals surface area contributed by atoms with Crippen LogP contribution in [0.4, 0.5) is 0 Å². The molecule has 2 heteroatoms. The van der Waals surface area contributed by atoms with Crippen molar-refractivity contribution in [1.29, 1.82) is 0 Å². The van der Waals surface area contributed by atoms with Gasteiger partial charge >= 0.3 is 0 Å². The highest BCUT2D eigenvalue weighted by Gasteiger charge is 2.28. The van der Waals surface area contributed by atoms with Crippen LogP contribution in [-0.4, -0.2) is 11.6 Å². The van der Waals surface area contributed by atoms with E-state index in [4.69, 9.17) is 0 Å². The molecular formula is C24H18O2. The van der Waals surface area contributed by atoms with Crippen LogP contribution in [0.5, 0.6) is 0 Å². The maximum Gasteiger partial charge on any atom is 0.189 e. The van der Waals surface area contributed by atoms with E-state index in [0.717, 1.165) is 27.8 Å². The second-order valence-corrected chi connectivity index (χ2v) is 6.45. The SMILES string of the molecule is O=C(C/C(=C1/Cc2ccccc2C1=O)c1ccccc1)c1ccccc1. The highest BCUT2D eigenvalue weighted by Crippen LogP contribution is 2.34. The lowest BCUT2D eigenvalue weighted by atomic mass is 9.91. The molecule has 2 nitrogen and oxygen atoms in total. The molecule has 0 heterocycles. The molecule has 0 unspecified atom stereocenters. The van der Waals surface area contributed by atoms with Crippen LogP contribution in [0.25, 0.3) is 5.57 Å². The molecule has 126 valence electrons. The van der Waals surface area contributed by atoms with Crippen molar-refractivity contribution in [1.82, 2.24) is 0 Å². The van der Waals surface area contributed by atoms with Crippen LogP contribution in [0.1, 0.15) is 38.3 Å². The first kappa shape index (κ1) is 16.2. The lowest BCUT2D eigenvalue weighted by Crippen LogP contribution is -2.06. The van der Waals surface area contributed by atoms with E-state index in [2.05, 4.69) is 0 Å². The minimum Gasteiger partial charge on any atom is -0.294 e. The highest BCUT2D eigenvalue weighted by atomic mass is 16.1. The second-order valence-electron chi connectivity index (χ2n) is 6.45. The predicted molar refractivity (Wildman–Crippen MR) is 103 cm³/mol. The van der Waals surface area contributed by atoms with E-state index in [1.807, 2.05) is 84.9 Å².